The molecule has 1 unspecified atom stereocenters. The van der Waals surface area contributed by atoms with Crippen molar-refractivity contribution < 1.29 is 23.8 Å². The van der Waals surface area contributed by atoms with Crippen molar-refractivity contribution in [1.82, 2.24) is 0 Å². The third kappa shape index (κ3) is 5.89. The maximum absolute atomic E-state index is 10.9. The van der Waals surface area contributed by atoms with Gasteiger partial charge in [0.2, 0.25) is 6.29 Å². The van der Waals surface area contributed by atoms with Crippen molar-refractivity contribution in [3.8, 4) is 5.75 Å². The Morgan fingerprint density at radius 2 is 1.78 bits per heavy atom. The quantitative estimate of drug-likeness (QED) is 0.571. The molecule has 1 aromatic rings. The summed E-state index contributed by atoms with van der Waals surface area (Å²) in [6, 6.07) is 8.98. The molecule has 0 saturated carbocycles. The number of hydrogen-bond donors (Lipinski definition) is 0. The SMILES string of the molecule is CC(=O)OCCC(OC(C)=O)Oc1ccccc1. The van der Waals surface area contributed by atoms with Gasteiger partial charge in [-0.1, -0.05) is 18.2 Å². The molecule has 0 N–H and O–H groups in total. The highest BCUT2D eigenvalue weighted by Crippen LogP contribution is 2.13. The molecular formula is C13H16O5. The van der Waals surface area contributed by atoms with Gasteiger partial charge < -0.3 is 14.2 Å². The number of ether oxygens (including phenoxy) is 3. The second-order valence-electron chi connectivity index (χ2n) is 3.60. The molecule has 0 aliphatic heterocycles. The van der Waals surface area contributed by atoms with E-state index in [1.54, 1.807) is 12.1 Å². The van der Waals surface area contributed by atoms with E-state index in [9.17, 15) is 9.59 Å². The predicted molar refractivity (Wildman–Crippen MR) is 63.9 cm³/mol. The van der Waals surface area contributed by atoms with Crippen molar-refractivity contribution >= 4 is 11.9 Å². The zero-order valence-corrected chi connectivity index (χ0v) is 10.4. The normalized spacial score (nSPS) is 11.4. The molecule has 0 aromatic heterocycles. The summed E-state index contributed by atoms with van der Waals surface area (Å²) in [7, 11) is 0. The van der Waals surface area contributed by atoms with Crippen LogP contribution in [-0.4, -0.2) is 24.8 Å². The highest BCUT2D eigenvalue weighted by Gasteiger charge is 2.14. The van der Waals surface area contributed by atoms with E-state index in [1.165, 1.54) is 13.8 Å². The lowest BCUT2D eigenvalue weighted by molar-refractivity contribution is -0.164. The van der Waals surface area contributed by atoms with Crippen LogP contribution in [0.3, 0.4) is 0 Å². The van der Waals surface area contributed by atoms with Crippen LogP contribution >= 0.6 is 0 Å². The van der Waals surface area contributed by atoms with E-state index in [4.69, 9.17) is 14.2 Å². The van der Waals surface area contributed by atoms with E-state index in [2.05, 4.69) is 0 Å². The molecule has 1 aromatic carbocycles. The molecule has 0 spiro atoms. The summed E-state index contributed by atoms with van der Waals surface area (Å²) >= 11 is 0. The Morgan fingerprint density at radius 3 is 2.33 bits per heavy atom. The maximum Gasteiger partial charge on any atom is 0.305 e. The van der Waals surface area contributed by atoms with Crippen LogP contribution < -0.4 is 4.74 Å². The minimum absolute atomic E-state index is 0.139. The number of hydrogen-bond acceptors (Lipinski definition) is 5. The monoisotopic (exact) mass is 252 g/mol. The third-order valence-electron chi connectivity index (χ3n) is 1.97. The smallest absolute Gasteiger partial charge is 0.305 e. The van der Waals surface area contributed by atoms with Crippen molar-refractivity contribution in [3.63, 3.8) is 0 Å². The van der Waals surface area contributed by atoms with E-state index >= 15 is 0 Å². The zero-order chi connectivity index (χ0) is 13.4. The van der Waals surface area contributed by atoms with Gasteiger partial charge in [-0.2, -0.15) is 0 Å². The van der Waals surface area contributed by atoms with Crippen LogP contribution in [0.4, 0.5) is 0 Å². The van der Waals surface area contributed by atoms with Gasteiger partial charge in [-0.05, 0) is 12.1 Å². The molecule has 0 bridgehead atoms. The number of carbonyl (C=O) groups excluding carboxylic acids is 2. The Morgan fingerprint density at radius 1 is 1.11 bits per heavy atom. The van der Waals surface area contributed by atoms with Crippen LogP contribution in [0.5, 0.6) is 5.75 Å². The van der Waals surface area contributed by atoms with Crippen molar-refractivity contribution in [2.45, 2.75) is 26.6 Å². The van der Waals surface area contributed by atoms with E-state index < -0.39 is 12.3 Å². The second-order valence-corrected chi connectivity index (χ2v) is 3.60. The minimum Gasteiger partial charge on any atom is -0.466 e. The molecule has 5 heteroatoms. The van der Waals surface area contributed by atoms with Crippen LogP contribution in [0.25, 0.3) is 0 Å². The molecule has 98 valence electrons. The fourth-order valence-corrected chi connectivity index (χ4v) is 1.28. The van der Waals surface area contributed by atoms with Gasteiger partial charge in [0.1, 0.15) is 5.75 Å². The number of rotatable bonds is 6. The topological polar surface area (TPSA) is 61.8 Å². The first-order valence-corrected chi connectivity index (χ1v) is 5.60. The highest BCUT2D eigenvalue weighted by atomic mass is 16.7. The van der Waals surface area contributed by atoms with Crippen molar-refractivity contribution in [1.29, 1.82) is 0 Å². The van der Waals surface area contributed by atoms with Crippen molar-refractivity contribution in [3.05, 3.63) is 30.3 Å². The molecule has 0 aliphatic rings. The van der Waals surface area contributed by atoms with Gasteiger partial charge in [0.05, 0.1) is 13.0 Å². The van der Waals surface area contributed by atoms with Gasteiger partial charge in [-0.3, -0.25) is 9.59 Å². The Labute approximate surface area is 106 Å². The fraction of sp³-hybridized carbons (Fsp3) is 0.385. The maximum atomic E-state index is 10.9. The molecule has 0 aliphatic carbocycles. The molecule has 1 atom stereocenters. The van der Waals surface area contributed by atoms with E-state index in [0.29, 0.717) is 5.75 Å². The Hall–Kier alpha value is -2.04. The summed E-state index contributed by atoms with van der Waals surface area (Å²) in [6.07, 6.45) is -0.474. The highest BCUT2D eigenvalue weighted by molar-refractivity contribution is 5.66. The van der Waals surface area contributed by atoms with E-state index in [0.717, 1.165) is 0 Å². The lowest BCUT2D eigenvalue weighted by Crippen LogP contribution is -2.25. The standard InChI is InChI=1S/C13H16O5/c1-10(14)16-9-8-13(17-11(2)15)18-12-6-4-3-5-7-12/h3-7,13H,8-9H2,1-2H3. The van der Waals surface area contributed by atoms with Gasteiger partial charge in [0, 0.05) is 13.8 Å². The average Bonchev–Trinajstić information content (AvgIpc) is 2.28. The number of esters is 2. The number of para-hydroxylation sites is 1. The Balaban J connectivity index is 2.50. The first-order chi connectivity index (χ1) is 8.58. The van der Waals surface area contributed by atoms with Crippen LogP contribution in [-0.2, 0) is 19.1 Å². The van der Waals surface area contributed by atoms with Crippen LogP contribution in [0, 0.1) is 0 Å². The van der Waals surface area contributed by atoms with Gasteiger partial charge in [-0.25, -0.2) is 0 Å². The van der Waals surface area contributed by atoms with Gasteiger partial charge in [-0.15, -0.1) is 0 Å². The summed E-state index contributed by atoms with van der Waals surface area (Å²) in [5.74, 6) is -0.235. The van der Waals surface area contributed by atoms with E-state index in [1.807, 2.05) is 18.2 Å². The van der Waals surface area contributed by atoms with Crippen molar-refractivity contribution in [2.24, 2.45) is 0 Å². The summed E-state index contributed by atoms with van der Waals surface area (Å²) < 4.78 is 15.2. The second kappa shape index (κ2) is 7.32. The summed E-state index contributed by atoms with van der Waals surface area (Å²) in [6.45, 7) is 2.76. The molecule has 18 heavy (non-hydrogen) atoms. The summed E-state index contributed by atoms with van der Waals surface area (Å²) in [4.78, 5) is 21.6. The zero-order valence-electron chi connectivity index (χ0n) is 10.4. The largest absolute Gasteiger partial charge is 0.466 e. The van der Waals surface area contributed by atoms with Crippen LogP contribution in [0.15, 0.2) is 30.3 Å². The molecule has 0 heterocycles. The predicted octanol–water partition coefficient (Wildman–Crippen LogP) is 1.91. The number of benzene rings is 1. The average molecular weight is 252 g/mol. The van der Waals surface area contributed by atoms with E-state index in [-0.39, 0.29) is 19.0 Å². The molecular weight excluding hydrogens is 236 g/mol. The summed E-state index contributed by atoms with van der Waals surface area (Å²) in [5, 5.41) is 0. The van der Waals surface area contributed by atoms with Gasteiger partial charge in [0.25, 0.3) is 0 Å². The van der Waals surface area contributed by atoms with Crippen LogP contribution in [0.2, 0.25) is 0 Å². The summed E-state index contributed by atoms with van der Waals surface area (Å²) in [5.41, 5.74) is 0. The Bertz CT molecular complexity index is 388. The van der Waals surface area contributed by atoms with Crippen molar-refractivity contribution in [2.75, 3.05) is 6.61 Å². The minimum atomic E-state index is -0.760. The molecule has 0 amide bonds. The lowest BCUT2D eigenvalue weighted by atomic mass is 10.3. The third-order valence-corrected chi connectivity index (χ3v) is 1.97. The molecule has 0 radical (unpaired) electrons. The first kappa shape index (κ1) is 14.0. The number of carbonyl (C=O) groups is 2. The first-order valence-electron chi connectivity index (χ1n) is 5.60. The fourth-order valence-electron chi connectivity index (χ4n) is 1.28. The van der Waals surface area contributed by atoms with Gasteiger partial charge >= 0.3 is 11.9 Å². The van der Waals surface area contributed by atoms with Crippen LogP contribution in [0.1, 0.15) is 20.3 Å². The Kier molecular flexibility index (Phi) is 5.70. The molecule has 1 rings (SSSR count). The molecule has 0 saturated heterocycles. The van der Waals surface area contributed by atoms with Gasteiger partial charge in [0.15, 0.2) is 0 Å². The molecule has 5 nitrogen and oxygen atoms in total. The lowest BCUT2D eigenvalue weighted by Gasteiger charge is -2.18. The molecule has 0 fully saturated rings.